The summed E-state index contributed by atoms with van der Waals surface area (Å²) in [6, 6.07) is -0.0398. The quantitative estimate of drug-likeness (QED) is 0.407. The molecule has 0 aromatic heterocycles. The van der Waals surface area contributed by atoms with Gasteiger partial charge in [-0.25, -0.2) is 0 Å². The van der Waals surface area contributed by atoms with Crippen LogP contribution in [0.3, 0.4) is 0 Å². The fourth-order valence-electron chi connectivity index (χ4n) is 0.0994. The lowest BCUT2D eigenvalue weighted by Gasteiger charge is -1.91. The van der Waals surface area contributed by atoms with Gasteiger partial charge in [-0.3, -0.25) is 4.79 Å². The first-order valence-corrected chi connectivity index (χ1v) is 3.65. The Bertz CT molecular complexity index is 66.0. The Hall–Kier alpha value is 0.490. The zero-order valence-corrected chi connectivity index (χ0v) is 6.40. The second-order valence-corrected chi connectivity index (χ2v) is 1.74. The van der Waals surface area contributed by atoms with E-state index in [1.54, 1.807) is 0 Å². The maximum Gasteiger partial charge on any atom is 0.316 e. The number of ether oxygens (including phenoxy) is 1. The van der Waals surface area contributed by atoms with E-state index >= 15 is 0 Å². The minimum atomic E-state index is -0.268. The monoisotopic (exact) mass is 234 g/mol. The molecular weight excluding hydrogens is 230 g/mol. The van der Waals surface area contributed by atoms with Crippen LogP contribution in [0.2, 0.25) is 0 Å². The molecule has 0 saturated carbocycles. The molecule has 0 N–H and O–H groups in total. The molecule has 0 aromatic rings. The van der Waals surface area contributed by atoms with E-state index in [9.17, 15) is 4.79 Å². The van der Waals surface area contributed by atoms with E-state index < -0.39 is 0 Å². The van der Waals surface area contributed by atoms with Crippen molar-refractivity contribution < 1.29 is 9.53 Å². The third-order valence-electron chi connectivity index (χ3n) is 0.325. The van der Waals surface area contributed by atoms with Crippen molar-refractivity contribution in [1.29, 1.82) is 0 Å². The summed E-state index contributed by atoms with van der Waals surface area (Å²) in [7, 11) is 0. The Labute approximate surface area is 60.3 Å². The van der Waals surface area contributed by atoms with Crippen molar-refractivity contribution in [2.75, 3.05) is 10.5 Å². The van der Waals surface area contributed by atoms with Gasteiger partial charge in [0.2, 0.25) is 0 Å². The number of rotatable bonds is 2. The standard InChI is InChI=1S/C3H4ClIO2/c4-2-7-3(6)1-5/h1-2H2. The van der Waals surface area contributed by atoms with Crippen molar-refractivity contribution >= 4 is 40.2 Å². The fourth-order valence-corrected chi connectivity index (χ4v) is 0.441. The van der Waals surface area contributed by atoms with Gasteiger partial charge in [0.05, 0.1) is 4.43 Å². The molecule has 0 heterocycles. The van der Waals surface area contributed by atoms with Crippen molar-refractivity contribution in [3.8, 4) is 0 Å². The number of hydrogen-bond acceptors (Lipinski definition) is 2. The second kappa shape index (κ2) is 4.64. The Morgan fingerprint density at radius 1 is 1.86 bits per heavy atom. The third kappa shape index (κ3) is 4.34. The van der Waals surface area contributed by atoms with Gasteiger partial charge in [0.25, 0.3) is 0 Å². The first-order chi connectivity index (χ1) is 3.31. The van der Waals surface area contributed by atoms with Crippen LogP contribution in [0.4, 0.5) is 0 Å². The molecule has 0 rings (SSSR count). The highest BCUT2D eigenvalue weighted by Crippen LogP contribution is 1.86. The maximum atomic E-state index is 10.1. The Balaban J connectivity index is 3.00. The van der Waals surface area contributed by atoms with Crippen LogP contribution >= 0.6 is 34.2 Å². The highest BCUT2D eigenvalue weighted by molar-refractivity contribution is 14.1. The average molecular weight is 234 g/mol. The van der Waals surface area contributed by atoms with Crippen molar-refractivity contribution in [1.82, 2.24) is 0 Å². The van der Waals surface area contributed by atoms with Crippen LogP contribution in [0.1, 0.15) is 0 Å². The summed E-state index contributed by atoms with van der Waals surface area (Å²) in [6.07, 6.45) is 0. The highest BCUT2D eigenvalue weighted by Gasteiger charge is 1.93. The molecule has 0 aliphatic carbocycles. The summed E-state index contributed by atoms with van der Waals surface area (Å²) >= 11 is 6.93. The van der Waals surface area contributed by atoms with Crippen LogP contribution in [-0.4, -0.2) is 16.5 Å². The van der Waals surface area contributed by atoms with E-state index in [-0.39, 0.29) is 12.0 Å². The van der Waals surface area contributed by atoms with Crippen molar-refractivity contribution in [2.45, 2.75) is 0 Å². The van der Waals surface area contributed by atoms with Gasteiger partial charge in [0.15, 0.2) is 6.07 Å². The maximum absolute atomic E-state index is 10.1. The molecule has 0 atom stereocenters. The second-order valence-electron chi connectivity index (χ2n) is 0.759. The summed E-state index contributed by atoms with van der Waals surface area (Å²) in [5.41, 5.74) is 0. The van der Waals surface area contributed by atoms with Crippen LogP contribution in [0, 0.1) is 0 Å². The third-order valence-corrected chi connectivity index (χ3v) is 1.06. The molecule has 0 unspecified atom stereocenters. The van der Waals surface area contributed by atoms with Gasteiger partial charge in [0.1, 0.15) is 0 Å². The molecule has 0 spiro atoms. The SMILES string of the molecule is O=C(CI)OCCl. The number of carbonyl (C=O) groups is 1. The molecule has 0 radical (unpaired) electrons. The smallest absolute Gasteiger partial charge is 0.316 e. The fraction of sp³-hybridized carbons (Fsp3) is 0.667. The van der Waals surface area contributed by atoms with E-state index in [0.29, 0.717) is 4.43 Å². The Morgan fingerprint density at radius 3 is 2.57 bits per heavy atom. The van der Waals surface area contributed by atoms with Crippen molar-refractivity contribution in [3.63, 3.8) is 0 Å². The first-order valence-electron chi connectivity index (χ1n) is 1.58. The lowest BCUT2D eigenvalue weighted by Crippen LogP contribution is -2.02. The van der Waals surface area contributed by atoms with Crippen molar-refractivity contribution in [3.05, 3.63) is 0 Å². The predicted octanol–water partition coefficient (Wildman–Crippen LogP) is 1.16. The van der Waals surface area contributed by atoms with Gasteiger partial charge in [0, 0.05) is 0 Å². The summed E-state index contributed by atoms with van der Waals surface area (Å²) < 4.78 is 4.68. The van der Waals surface area contributed by atoms with Gasteiger partial charge < -0.3 is 4.74 Å². The largest absolute Gasteiger partial charge is 0.449 e. The number of hydrogen-bond donors (Lipinski definition) is 0. The molecule has 0 aliphatic rings. The van der Waals surface area contributed by atoms with E-state index in [4.69, 9.17) is 11.6 Å². The van der Waals surface area contributed by atoms with Gasteiger partial charge in [-0.15, -0.1) is 0 Å². The number of carbonyl (C=O) groups excluding carboxylic acids is 1. The minimum Gasteiger partial charge on any atom is -0.449 e. The van der Waals surface area contributed by atoms with Gasteiger partial charge in [-0.1, -0.05) is 34.2 Å². The summed E-state index contributed by atoms with van der Waals surface area (Å²) in [4.78, 5) is 10.1. The predicted molar refractivity (Wildman–Crippen MR) is 35.7 cm³/mol. The first kappa shape index (κ1) is 7.49. The number of alkyl halides is 2. The molecular formula is C3H4ClIO2. The topological polar surface area (TPSA) is 26.3 Å². The molecule has 0 fully saturated rings. The van der Waals surface area contributed by atoms with Crippen LogP contribution in [0.15, 0.2) is 0 Å². The molecule has 7 heavy (non-hydrogen) atoms. The molecule has 2 nitrogen and oxygen atoms in total. The molecule has 4 heteroatoms. The Morgan fingerprint density at radius 2 is 2.43 bits per heavy atom. The normalized spacial score (nSPS) is 8.29. The van der Waals surface area contributed by atoms with E-state index in [1.807, 2.05) is 22.6 Å². The number of esters is 1. The molecule has 0 bridgehead atoms. The van der Waals surface area contributed by atoms with Crippen molar-refractivity contribution in [2.24, 2.45) is 0 Å². The Kier molecular flexibility index (Phi) is 4.97. The summed E-state index contributed by atoms with van der Waals surface area (Å²) in [5.74, 6) is -0.268. The van der Waals surface area contributed by atoms with E-state index in [0.717, 1.165) is 0 Å². The molecule has 0 aromatic carbocycles. The zero-order chi connectivity index (χ0) is 5.70. The van der Waals surface area contributed by atoms with Gasteiger partial charge in [-0.05, 0) is 0 Å². The van der Waals surface area contributed by atoms with Crippen LogP contribution in [0.25, 0.3) is 0 Å². The highest BCUT2D eigenvalue weighted by atomic mass is 127. The van der Waals surface area contributed by atoms with Crippen LogP contribution in [0.5, 0.6) is 0 Å². The van der Waals surface area contributed by atoms with Crippen LogP contribution in [-0.2, 0) is 9.53 Å². The molecule has 0 amide bonds. The zero-order valence-electron chi connectivity index (χ0n) is 3.49. The minimum absolute atomic E-state index is 0.0398. The molecule has 42 valence electrons. The summed E-state index contributed by atoms with van der Waals surface area (Å²) in [5, 5.41) is 0. The lowest BCUT2D eigenvalue weighted by molar-refractivity contribution is -0.138. The number of halogens is 2. The van der Waals surface area contributed by atoms with Gasteiger partial charge >= 0.3 is 5.97 Å². The van der Waals surface area contributed by atoms with Crippen LogP contribution < -0.4 is 0 Å². The van der Waals surface area contributed by atoms with E-state index in [1.165, 1.54) is 0 Å². The van der Waals surface area contributed by atoms with Gasteiger partial charge in [-0.2, -0.15) is 0 Å². The molecule has 0 saturated heterocycles. The lowest BCUT2D eigenvalue weighted by atomic mass is 10.8. The molecule has 0 aliphatic heterocycles. The van der Waals surface area contributed by atoms with E-state index in [2.05, 4.69) is 4.74 Å². The average Bonchev–Trinajstić information content (AvgIpc) is 1.68. The summed E-state index contributed by atoms with van der Waals surface area (Å²) in [6.45, 7) is 0.